The Morgan fingerprint density at radius 3 is 3.00 bits per heavy atom. The zero-order valence-corrected chi connectivity index (χ0v) is 13.3. The highest BCUT2D eigenvalue weighted by Crippen LogP contribution is 2.17. The summed E-state index contributed by atoms with van der Waals surface area (Å²) in [6.45, 7) is 8.63. The Morgan fingerprint density at radius 1 is 1.55 bits per heavy atom. The lowest BCUT2D eigenvalue weighted by Gasteiger charge is -2.33. The lowest BCUT2D eigenvalue weighted by molar-refractivity contribution is 0.0470. The van der Waals surface area contributed by atoms with E-state index in [4.69, 9.17) is 4.74 Å². The maximum absolute atomic E-state index is 11.8. The molecule has 1 aromatic heterocycles. The molecule has 4 nitrogen and oxygen atoms in total. The molecule has 1 N–H and O–H groups in total. The van der Waals surface area contributed by atoms with Gasteiger partial charge in [-0.05, 0) is 51.6 Å². The molecular formula is C15H24N2O2S. The Hall–Kier alpha value is -1.07. The number of carbonyl (C=O) groups is 1. The van der Waals surface area contributed by atoms with E-state index in [2.05, 4.69) is 27.7 Å². The van der Waals surface area contributed by atoms with Crippen LogP contribution in [0.25, 0.3) is 0 Å². The van der Waals surface area contributed by atoms with Gasteiger partial charge in [0.05, 0.1) is 0 Å². The van der Waals surface area contributed by atoms with Crippen LogP contribution in [0.2, 0.25) is 0 Å². The minimum atomic E-state index is -0.435. The summed E-state index contributed by atoms with van der Waals surface area (Å²) in [6, 6.07) is 4.44. The predicted molar refractivity (Wildman–Crippen MR) is 82.0 cm³/mol. The van der Waals surface area contributed by atoms with Gasteiger partial charge in [0.2, 0.25) is 0 Å². The largest absolute Gasteiger partial charge is 0.444 e. The zero-order valence-electron chi connectivity index (χ0n) is 12.5. The van der Waals surface area contributed by atoms with Gasteiger partial charge in [0.25, 0.3) is 0 Å². The highest BCUT2D eigenvalue weighted by atomic mass is 32.1. The number of carbonyl (C=O) groups excluding carboxylic acids is 1. The normalized spacial score (nSPS) is 20.6. The van der Waals surface area contributed by atoms with Gasteiger partial charge in [-0.1, -0.05) is 6.07 Å². The first-order chi connectivity index (χ1) is 9.42. The number of rotatable bonds is 3. The number of piperidine rings is 1. The van der Waals surface area contributed by atoms with Gasteiger partial charge in [0, 0.05) is 24.0 Å². The number of ether oxygens (including phenoxy) is 1. The molecule has 1 fully saturated rings. The molecule has 0 spiro atoms. The monoisotopic (exact) mass is 296 g/mol. The maximum atomic E-state index is 11.8. The molecule has 1 atom stereocenters. The second kappa shape index (κ2) is 6.59. The van der Waals surface area contributed by atoms with Gasteiger partial charge < -0.3 is 10.1 Å². The van der Waals surface area contributed by atoms with Crippen LogP contribution < -0.4 is 5.32 Å². The molecule has 1 saturated heterocycles. The highest BCUT2D eigenvalue weighted by molar-refractivity contribution is 7.09. The topological polar surface area (TPSA) is 41.6 Å². The van der Waals surface area contributed by atoms with Crippen molar-refractivity contribution in [2.75, 3.05) is 13.1 Å². The van der Waals surface area contributed by atoms with Gasteiger partial charge in [-0.15, -0.1) is 11.3 Å². The SMILES string of the molecule is CC(C)(C)OC(=O)N[C@@H]1CCCN(Cc2cccs2)C1. The lowest BCUT2D eigenvalue weighted by Crippen LogP contribution is -2.48. The van der Waals surface area contributed by atoms with Crippen molar-refractivity contribution in [3.63, 3.8) is 0 Å². The molecule has 0 unspecified atom stereocenters. The standard InChI is InChI=1S/C15H24N2O2S/c1-15(2,3)19-14(18)16-12-6-4-8-17(10-12)11-13-7-5-9-20-13/h5,7,9,12H,4,6,8,10-11H2,1-3H3,(H,16,18)/t12-/m1/s1. The number of amides is 1. The van der Waals surface area contributed by atoms with Crippen LogP contribution in [0.3, 0.4) is 0 Å². The van der Waals surface area contributed by atoms with Crippen LogP contribution in [-0.2, 0) is 11.3 Å². The Balaban J connectivity index is 1.80. The predicted octanol–water partition coefficient (Wildman–Crippen LogP) is 3.24. The summed E-state index contributed by atoms with van der Waals surface area (Å²) in [7, 11) is 0. The van der Waals surface area contributed by atoms with Crippen molar-refractivity contribution in [3.05, 3.63) is 22.4 Å². The summed E-state index contributed by atoms with van der Waals surface area (Å²) in [5, 5.41) is 5.09. The third kappa shape index (κ3) is 5.13. The molecule has 2 heterocycles. The summed E-state index contributed by atoms with van der Waals surface area (Å²) in [5.41, 5.74) is -0.435. The average molecular weight is 296 g/mol. The number of nitrogens with zero attached hydrogens (tertiary/aromatic N) is 1. The average Bonchev–Trinajstić information content (AvgIpc) is 2.79. The van der Waals surface area contributed by atoms with E-state index in [0.717, 1.165) is 32.5 Å². The summed E-state index contributed by atoms with van der Waals surface area (Å²) in [4.78, 5) is 15.6. The van der Waals surface area contributed by atoms with Gasteiger partial charge in [0.1, 0.15) is 5.60 Å². The van der Waals surface area contributed by atoms with Gasteiger partial charge in [-0.3, -0.25) is 4.90 Å². The Kier molecular flexibility index (Phi) is 5.05. The minimum absolute atomic E-state index is 0.193. The third-order valence-electron chi connectivity index (χ3n) is 3.19. The van der Waals surface area contributed by atoms with Crippen molar-refractivity contribution >= 4 is 17.4 Å². The molecule has 1 aliphatic rings. The Morgan fingerprint density at radius 2 is 2.35 bits per heavy atom. The van der Waals surface area contributed by atoms with Crippen molar-refractivity contribution in [3.8, 4) is 0 Å². The molecule has 1 aliphatic heterocycles. The van der Waals surface area contributed by atoms with Gasteiger partial charge in [-0.25, -0.2) is 4.79 Å². The summed E-state index contributed by atoms with van der Waals surface area (Å²) < 4.78 is 5.32. The molecule has 1 amide bonds. The van der Waals surface area contributed by atoms with E-state index < -0.39 is 5.60 Å². The summed E-state index contributed by atoms with van der Waals surface area (Å²) in [6.07, 6.45) is 1.84. The van der Waals surface area contributed by atoms with Crippen LogP contribution in [0.15, 0.2) is 17.5 Å². The first-order valence-corrected chi connectivity index (χ1v) is 8.04. The number of likely N-dealkylation sites (tertiary alicyclic amines) is 1. The van der Waals surface area contributed by atoms with E-state index in [9.17, 15) is 4.79 Å². The van der Waals surface area contributed by atoms with E-state index in [1.54, 1.807) is 11.3 Å². The molecule has 0 saturated carbocycles. The lowest BCUT2D eigenvalue weighted by atomic mass is 10.1. The fourth-order valence-corrected chi connectivity index (χ4v) is 3.16. The Bertz CT molecular complexity index is 426. The molecule has 112 valence electrons. The van der Waals surface area contributed by atoms with E-state index in [0.29, 0.717) is 0 Å². The number of hydrogen-bond donors (Lipinski definition) is 1. The molecule has 0 aliphatic carbocycles. The number of thiophene rings is 1. The molecule has 0 radical (unpaired) electrons. The smallest absolute Gasteiger partial charge is 0.407 e. The van der Waals surface area contributed by atoms with Gasteiger partial charge >= 0.3 is 6.09 Å². The molecule has 5 heteroatoms. The van der Waals surface area contributed by atoms with Crippen molar-refractivity contribution < 1.29 is 9.53 Å². The Labute approximate surface area is 125 Å². The van der Waals surface area contributed by atoms with Crippen molar-refractivity contribution in [2.24, 2.45) is 0 Å². The van der Waals surface area contributed by atoms with Gasteiger partial charge in [0.15, 0.2) is 0 Å². The maximum Gasteiger partial charge on any atom is 0.407 e. The first kappa shape index (κ1) is 15.3. The molecule has 2 rings (SSSR count). The van der Waals surface area contributed by atoms with E-state index in [1.165, 1.54) is 4.88 Å². The van der Waals surface area contributed by atoms with Gasteiger partial charge in [-0.2, -0.15) is 0 Å². The van der Waals surface area contributed by atoms with Crippen LogP contribution in [0.4, 0.5) is 4.79 Å². The second-order valence-electron chi connectivity index (χ2n) is 6.30. The minimum Gasteiger partial charge on any atom is -0.444 e. The van der Waals surface area contributed by atoms with Crippen LogP contribution >= 0.6 is 11.3 Å². The molecule has 0 bridgehead atoms. The van der Waals surface area contributed by atoms with Crippen molar-refractivity contribution in [1.29, 1.82) is 0 Å². The fourth-order valence-electron chi connectivity index (χ4n) is 2.41. The third-order valence-corrected chi connectivity index (χ3v) is 4.05. The van der Waals surface area contributed by atoms with E-state index in [-0.39, 0.29) is 12.1 Å². The number of alkyl carbamates (subject to hydrolysis) is 1. The first-order valence-electron chi connectivity index (χ1n) is 7.16. The molecular weight excluding hydrogens is 272 g/mol. The fraction of sp³-hybridized carbons (Fsp3) is 0.667. The van der Waals surface area contributed by atoms with Crippen LogP contribution in [0.1, 0.15) is 38.5 Å². The van der Waals surface area contributed by atoms with E-state index >= 15 is 0 Å². The molecule has 1 aromatic rings. The van der Waals surface area contributed by atoms with Crippen LogP contribution in [-0.4, -0.2) is 35.7 Å². The number of hydrogen-bond acceptors (Lipinski definition) is 4. The van der Waals surface area contributed by atoms with Crippen molar-refractivity contribution in [1.82, 2.24) is 10.2 Å². The quantitative estimate of drug-likeness (QED) is 0.931. The van der Waals surface area contributed by atoms with Crippen LogP contribution in [0, 0.1) is 0 Å². The molecule has 20 heavy (non-hydrogen) atoms. The van der Waals surface area contributed by atoms with Crippen LogP contribution in [0.5, 0.6) is 0 Å². The molecule has 0 aromatic carbocycles. The summed E-state index contributed by atoms with van der Waals surface area (Å²) in [5.74, 6) is 0. The summed E-state index contributed by atoms with van der Waals surface area (Å²) >= 11 is 1.79. The second-order valence-corrected chi connectivity index (χ2v) is 7.33. The highest BCUT2D eigenvalue weighted by Gasteiger charge is 2.24. The number of nitrogens with one attached hydrogen (secondary N) is 1. The van der Waals surface area contributed by atoms with Crippen molar-refractivity contribution in [2.45, 2.75) is 51.8 Å². The van der Waals surface area contributed by atoms with E-state index in [1.807, 2.05) is 20.8 Å². The zero-order chi connectivity index (χ0) is 14.6.